The van der Waals surface area contributed by atoms with Gasteiger partial charge < -0.3 is 9.47 Å². The van der Waals surface area contributed by atoms with Gasteiger partial charge in [0.2, 0.25) is 0 Å². The highest BCUT2D eigenvalue weighted by atomic mass is 16.5. The van der Waals surface area contributed by atoms with Crippen LogP contribution in [0.25, 0.3) is 6.08 Å². The minimum atomic E-state index is 0.582. The Labute approximate surface area is 85.2 Å². The lowest BCUT2D eigenvalue weighted by molar-refractivity contribution is 0.110. The summed E-state index contributed by atoms with van der Waals surface area (Å²) in [5.41, 5.74) is 1.02. The molecule has 1 aromatic carbocycles. The zero-order valence-electron chi connectivity index (χ0n) is 8.53. The predicted octanol–water partition coefficient (Wildman–Crippen LogP) is 2.74. The molecule has 0 saturated heterocycles. The summed E-state index contributed by atoms with van der Waals surface area (Å²) in [5.74, 6) is 0.863. The van der Waals surface area contributed by atoms with Gasteiger partial charge in [0.25, 0.3) is 0 Å². The van der Waals surface area contributed by atoms with Crippen molar-refractivity contribution >= 4 is 6.08 Å². The Hall–Kier alpha value is -1.28. The molecule has 14 heavy (non-hydrogen) atoms. The number of benzene rings is 1. The fourth-order valence-electron chi connectivity index (χ4n) is 1.14. The summed E-state index contributed by atoms with van der Waals surface area (Å²) >= 11 is 0. The van der Waals surface area contributed by atoms with Crippen LogP contribution in [0.2, 0.25) is 0 Å². The van der Waals surface area contributed by atoms with Crippen LogP contribution in [0.1, 0.15) is 12.5 Å². The molecule has 0 fully saturated rings. The van der Waals surface area contributed by atoms with Crippen molar-refractivity contribution in [2.45, 2.75) is 6.92 Å². The van der Waals surface area contributed by atoms with Crippen molar-refractivity contribution in [2.75, 3.05) is 19.8 Å². The van der Waals surface area contributed by atoms with Gasteiger partial charge in [-0.05, 0) is 13.0 Å². The molecule has 0 aliphatic rings. The molecule has 0 radical (unpaired) electrons. The molecule has 1 rings (SSSR count). The van der Waals surface area contributed by atoms with Crippen molar-refractivity contribution < 1.29 is 9.47 Å². The molecule has 0 aliphatic heterocycles. The second-order valence-electron chi connectivity index (χ2n) is 2.79. The van der Waals surface area contributed by atoms with Crippen LogP contribution in [-0.4, -0.2) is 19.8 Å². The quantitative estimate of drug-likeness (QED) is 0.645. The topological polar surface area (TPSA) is 18.5 Å². The number of ether oxygens (including phenoxy) is 2. The molecule has 0 aliphatic carbocycles. The van der Waals surface area contributed by atoms with Crippen LogP contribution < -0.4 is 4.74 Å². The van der Waals surface area contributed by atoms with Crippen molar-refractivity contribution in [3.63, 3.8) is 0 Å². The minimum absolute atomic E-state index is 0.582. The molecule has 0 bridgehead atoms. The van der Waals surface area contributed by atoms with E-state index >= 15 is 0 Å². The van der Waals surface area contributed by atoms with E-state index in [0.29, 0.717) is 13.2 Å². The van der Waals surface area contributed by atoms with Gasteiger partial charge in [-0.1, -0.05) is 30.9 Å². The Morgan fingerprint density at radius 3 is 2.79 bits per heavy atom. The average Bonchev–Trinajstić information content (AvgIpc) is 2.25. The molecule has 76 valence electrons. The summed E-state index contributed by atoms with van der Waals surface area (Å²) in [5, 5.41) is 0. The molecule has 2 nitrogen and oxygen atoms in total. The molecule has 2 heteroatoms. The van der Waals surface area contributed by atoms with Crippen LogP contribution in [0.5, 0.6) is 5.75 Å². The van der Waals surface area contributed by atoms with Gasteiger partial charge in [-0.3, -0.25) is 0 Å². The van der Waals surface area contributed by atoms with Gasteiger partial charge in [-0.25, -0.2) is 0 Å². The van der Waals surface area contributed by atoms with E-state index in [2.05, 4.69) is 6.58 Å². The molecule has 0 N–H and O–H groups in total. The normalized spacial score (nSPS) is 9.79. The Bertz CT molecular complexity index is 281. The summed E-state index contributed by atoms with van der Waals surface area (Å²) in [6.45, 7) is 7.63. The van der Waals surface area contributed by atoms with Gasteiger partial charge in [0, 0.05) is 12.2 Å². The monoisotopic (exact) mass is 192 g/mol. The SMILES string of the molecule is C=Cc1ccccc1OCCOCC. The number of para-hydroxylation sites is 1. The van der Waals surface area contributed by atoms with Crippen LogP contribution in [0.4, 0.5) is 0 Å². The van der Waals surface area contributed by atoms with Gasteiger partial charge >= 0.3 is 0 Å². The first-order valence-corrected chi connectivity index (χ1v) is 4.80. The maximum atomic E-state index is 5.53. The Kier molecular flexibility index (Phi) is 4.79. The highest BCUT2D eigenvalue weighted by Gasteiger charge is 1.97. The van der Waals surface area contributed by atoms with E-state index in [1.54, 1.807) is 6.08 Å². The van der Waals surface area contributed by atoms with Crippen molar-refractivity contribution in [1.82, 2.24) is 0 Å². The van der Waals surface area contributed by atoms with Gasteiger partial charge in [-0.15, -0.1) is 0 Å². The molecule has 0 atom stereocenters. The fourth-order valence-corrected chi connectivity index (χ4v) is 1.14. The van der Waals surface area contributed by atoms with Crippen molar-refractivity contribution in [1.29, 1.82) is 0 Å². The summed E-state index contributed by atoms with van der Waals surface area (Å²) in [6.07, 6.45) is 1.79. The van der Waals surface area contributed by atoms with Crippen molar-refractivity contribution in [2.24, 2.45) is 0 Å². The minimum Gasteiger partial charge on any atom is -0.491 e. The zero-order valence-corrected chi connectivity index (χ0v) is 8.53. The smallest absolute Gasteiger partial charge is 0.126 e. The molecule has 0 amide bonds. The van der Waals surface area contributed by atoms with Crippen LogP contribution in [0.3, 0.4) is 0 Å². The zero-order chi connectivity index (χ0) is 10.2. The van der Waals surface area contributed by atoms with Gasteiger partial charge in [0.05, 0.1) is 6.61 Å². The summed E-state index contributed by atoms with van der Waals surface area (Å²) in [4.78, 5) is 0. The Morgan fingerprint density at radius 1 is 1.29 bits per heavy atom. The molecule has 0 heterocycles. The second kappa shape index (κ2) is 6.22. The van der Waals surface area contributed by atoms with E-state index in [0.717, 1.165) is 17.9 Å². The molecule has 0 saturated carbocycles. The third-order valence-electron chi connectivity index (χ3n) is 1.83. The maximum absolute atomic E-state index is 5.53. The molecule has 0 aromatic heterocycles. The van der Waals surface area contributed by atoms with Gasteiger partial charge in [0.15, 0.2) is 0 Å². The van der Waals surface area contributed by atoms with Crippen LogP contribution >= 0.6 is 0 Å². The largest absolute Gasteiger partial charge is 0.491 e. The maximum Gasteiger partial charge on any atom is 0.126 e. The lowest BCUT2D eigenvalue weighted by Gasteiger charge is -2.08. The highest BCUT2D eigenvalue weighted by Crippen LogP contribution is 2.18. The third-order valence-corrected chi connectivity index (χ3v) is 1.83. The lowest BCUT2D eigenvalue weighted by atomic mass is 10.2. The average molecular weight is 192 g/mol. The lowest BCUT2D eigenvalue weighted by Crippen LogP contribution is -2.06. The predicted molar refractivity (Wildman–Crippen MR) is 58.5 cm³/mol. The first kappa shape index (κ1) is 10.8. The molecule has 1 aromatic rings. The van der Waals surface area contributed by atoms with Crippen LogP contribution in [-0.2, 0) is 4.74 Å². The molecule has 0 spiro atoms. The summed E-state index contributed by atoms with van der Waals surface area (Å²) < 4.78 is 10.7. The Morgan fingerprint density at radius 2 is 2.07 bits per heavy atom. The van der Waals surface area contributed by atoms with E-state index in [1.807, 2.05) is 31.2 Å². The standard InChI is InChI=1S/C12H16O2/c1-3-11-7-5-6-8-12(11)14-10-9-13-4-2/h3,5-8H,1,4,9-10H2,2H3. The summed E-state index contributed by atoms with van der Waals surface area (Å²) in [6, 6.07) is 7.82. The van der Waals surface area contributed by atoms with E-state index in [-0.39, 0.29) is 0 Å². The van der Waals surface area contributed by atoms with Crippen molar-refractivity contribution in [3.05, 3.63) is 36.4 Å². The first-order chi connectivity index (χ1) is 6.88. The van der Waals surface area contributed by atoms with Gasteiger partial charge in [-0.2, -0.15) is 0 Å². The van der Waals surface area contributed by atoms with Crippen molar-refractivity contribution in [3.8, 4) is 5.75 Å². The number of hydrogen-bond donors (Lipinski definition) is 0. The number of hydrogen-bond acceptors (Lipinski definition) is 2. The molecule has 0 unspecified atom stereocenters. The van der Waals surface area contributed by atoms with Crippen LogP contribution in [0, 0.1) is 0 Å². The summed E-state index contributed by atoms with van der Waals surface area (Å²) in [7, 11) is 0. The fraction of sp³-hybridized carbons (Fsp3) is 0.333. The van der Waals surface area contributed by atoms with E-state index in [1.165, 1.54) is 0 Å². The van der Waals surface area contributed by atoms with Crippen LogP contribution in [0.15, 0.2) is 30.8 Å². The van der Waals surface area contributed by atoms with E-state index in [4.69, 9.17) is 9.47 Å². The number of rotatable bonds is 6. The molecular weight excluding hydrogens is 176 g/mol. The first-order valence-electron chi connectivity index (χ1n) is 4.80. The van der Waals surface area contributed by atoms with E-state index in [9.17, 15) is 0 Å². The van der Waals surface area contributed by atoms with E-state index < -0.39 is 0 Å². The highest BCUT2D eigenvalue weighted by molar-refractivity contribution is 5.55. The molecular formula is C12H16O2. The van der Waals surface area contributed by atoms with Gasteiger partial charge in [0.1, 0.15) is 12.4 Å². The Balaban J connectivity index is 2.45. The second-order valence-corrected chi connectivity index (χ2v) is 2.79. The third kappa shape index (κ3) is 3.23.